The summed E-state index contributed by atoms with van der Waals surface area (Å²) in [6.45, 7) is 5.42. The third kappa shape index (κ3) is 6.33. The Morgan fingerprint density at radius 3 is 2.00 bits per heavy atom. The number of hydrogen-bond donors (Lipinski definition) is 1. The van der Waals surface area contributed by atoms with E-state index in [4.69, 9.17) is 4.74 Å². The molecule has 3 aromatic carbocycles. The number of H-pyrrole nitrogens is 1. The topological polar surface area (TPSA) is 84.4 Å². The molecular formula is C35H33N3O4. The minimum Gasteiger partial charge on any atom is -0.379 e. The highest BCUT2D eigenvalue weighted by atomic mass is 16.5. The van der Waals surface area contributed by atoms with Gasteiger partial charge in [-0.3, -0.25) is 19.3 Å². The van der Waals surface area contributed by atoms with Crippen molar-refractivity contribution in [3.05, 3.63) is 131 Å². The predicted molar refractivity (Wildman–Crippen MR) is 162 cm³/mol. The summed E-state index contributed by atoms with van der Waals surface area (Å²) in [6.07, 6.45) is 4.35. The molecule has 5 aromatic rings. The van der Waals surface area contributed by atoms with Gasteiger partial charge in [-0.15, -0.1) is 0 Å². The van der Waals surface area contributed by atoms with E-state index in [1.165, 1.54) is 0 Å². The van der Waals surface area contributed by atoms with Crippen LogP contribution in [-0.4, -0.2) is 64.6 Å². The Morgan fingerprint density at radius 1 is 0.714 bits per heavy atom. The van der Waals surface area contributed by atoms with Gasteiger partial charge in [-0.2, -0.15) is 0 Å². The number of benzene rings is 3. The van der Waals surface area contributed by atoms with Crippen LogP contribution < -0.4 is 0 Å². The van der Waals surface area contributed by atoms with Gasteiger partial charge in [0, 0.05) is 79.0 Å². The highest BCUT2D eigenvalue weighted by molar-refractivity contribution is 6.09. The second-order valence-corrected chi connectivity index (χ2v) is 10.7. The van der Waals surface area contributed by atoms with Crippen molar-refractivity contribution in [2.75, 3.05) is 32.8 Å². The molecule has 212 valence electrons. The van der Waals surface area contributed by atoms with Crippen molar-refractivity contribution in [2.45, 2.75) is 19.4 Å². The number of nitrogens with one attached hydrogen (secondary N) is 1. The van der Waals surface area contributed by atoms with Crippen molar-refractivity contribution in [1.29, 1.82) is 0 Å². The van der Waals surface area contributed by atoms with Gasteiger partial charge in [-0.1, -0.05) is 48.5 Å². The Kier molecular flexibility index (Phi) is 8.21. The zero-order chi connectivity index (χ0) is 28.9. The third-order valence-corrected chi connectivity index (χ3v) is 7.91. The van der Waals surface area contributed by atoms with Crippen LogP contribution in [0.4, 0.5) is 0 Å². The van der Waals surface area contributed by atoms with Crippen molar-refractivity contribution >= 4 is 28.3 Å². The van der Waals surface area contributed by atoms with Crippen LogP contribution >= 0.6 is 0 Å². The lowest BCUT2D eigenvalue weighted by atomic mass is 9.97. The molecule has 0 aliphatic carbocycles. The van der Waals surface area contributed by atoms with Crippen molar-refractivity contribution in [1.82, 2.24) is 14.5 Å². The first kappa shape index (κ1) is 27.6. The summed E-state index contributed by atoms with van der Waals surface area (Å²) in [5.74, 6) is -0.0535. The molecule has 1 fully saturated rings. The van der Waals surface area contributed by atoms with Gasteiger partial charge in [-0.25, -0.2) is 0 Å². The molecule has 6 rings (SSSR count). The fourth-order valence-electron chi connectivity index (χ4n) is 5.43. The number of aromatic amines is 1. The molecular weight excluding hydrogens is 526 g/mol. The molecule has 0 unspecified atom stereocenters. The molecule has 3 heterocycles. The lowest BCUT2D eigenvalue weighted by molar-refractivity contribution is 0.0365. The maximum Gasteiger partial charge on any atom is 0.193 e. The zero-order valence-corrected chi connectivity index (χ0v) is 23.4. The van der Waals surface area contributed by atoms with Gasteiger partial charge in [0.15, 0.2) is 17.3 Å². The van der Waals surface area contributed by atoms with E-state index in [0.717, 1.165) is 61.4 Å². The summed E-state index contributed by atoms with van der Waals surface area (Å²) in [7, 11) is 0. The van der Waals surface area contributed by atoms with E-state index in [2.05, 4.69) is 26.7 Å². The average molecular weight is 560 g/mol. The van der Waals surface area contributed by atoms with Crippen LogP contribution in [0, 0.1) is 0 Å². The Hall–Kier alpha value is -4.59. The van der Waals surface area contributed by atoms with E-state index >= 15 is 0 Å². The van der Waals surface area contributed by atoms with Gasteiger partial charge in [0.2, 0.25) is 0 Å². The maximum atomic E-state index is 13.1. The minimum absolute atomic E-state index is 0.00187. The van der Waals surface area contributed by atoms with Crippen LogP contribution in [-0.2, 0) is 24.1 Å². The molecule has 0 bridgehead atoms. The quantitative estimate of drug-likeness (QED) is 0.220. The monoisotopic (exact) mass is 559 g/mol. The number of hydrogen-bond acceptors (Lipinski definition) is 5. The van der Waals surface area contributed by atoms with Gasteiger partial charge >= 0.3 is 0 Å². The number of Topliss-reactive ketones (excluding diaryl/α,β-unsaturated/α-hetero) is 2. The minimum atomic E-state index is -0.0984. The maximum absolute atomic E-state index is 13.1. The molecule has 0 spiro atoms. The number of fused-ring (bicyclic) bond motifs is 1. The number of ketones is 3. The van der Waals surface area contributed by atoms with Gasteiger partial charge < -0.3 is 14.3 Å². The molecule has 2 aromatic heterocycles. The first-order valence-electron chi connectivity index (χ1n) is 14.3. The molecule has 0 saturated carbocycles. The normalized spacial score (nSPS) is 13.8. The molecule has 0 radical (unpaired) electrons. The number of ether oxygens (including phenoxy) is 1. The van der Waals surface area contributed by atoms with Crippen LogP contribution in [0.3, 0.4) is 0 Å². The van der Waals surface area contributed by atoms with Crippen LogP contribution in [0.5, 0.6) is 0 Å². The standard InChI is InChI=1S/C35H33N3O4/c39-33(30-11-12-32-29(24-30)13-15-38(32)17-16-37-18-20-42-21-19-37)22-25-3-7-27(8-4-25)35(41)28-9-5-26(6-10-28)23-34(40)31-2-1-14-36-31/h1-15,24,36H,16-23H2. The second-order valence-electron chi connectivity index (χ2n) is 10.7. The summed E-state index contributed by atoms with van der Waals surface area (Å²) in [5.41, 5.74) is 5.21. The van der Waals surface area contributed by atoms with Crippen LogP contribution in [0.25, 0.3) is 10.9 Å². The lowest BCUT2D eigenvalue weighted by Gasteiger charge is -2.26. The van der Waals surface area contributed by atoms with E-state index < -0.39 is 0 Å². The smallest absolute Gasteiger partial charge is 0.193 e. The average Bonchev–Trinajstić information content (AvgIpc) is 3.71. The highest BCUT2D eigenvalue weighted by Gasteiger charge is 2.14. The Labute approximate surface area is 244 Å². The van der Waals surface area contributed by atoms with E-state index in [-0.39, 0.29) is 30.2 Å². The van der Waals surface area contributed by atoms with Crippen LogP contribution in [0.2, 0.25) is 0 Å². The van der Waals surface area contributed by atoms with Crippen molar-refractivity contribution in [3.8, 4) is 0 Å². The fraction of sp³-hybridized carbons (Fsp3) is 0.229. The van der Waals surface area contributed by atoms with Gasteiger partial charge in [0.1, 0.15) is 0 Å². The van der Waals surface area contributed by atoms with Gasteiger partial charge in [0.05, 0.1) is 18.9 Å². The molecule has 0 atom stereocenters. The van der Waals surface area contributed by atoms with E-state index in [1.807, 2.05) is 42.5 Å². The number of aromatic nitrogens is 2. The number of rotatable bonds is 11. The third-order valence-electron chi connectivity index (χ3n) is 7.91. The largest absolute Gasteiger partial charge is 0.379 e. The fourth-order valence-corrected chi connectivity index (χ4v) is 5.43. The summed E-state index contributed by atoms with van der Waals surface area (Å²) in [5, 5.41) is 1.06. The number of morpholine rings is 1. The summed E-state index contributed by atoms with van der Waals surface area (Å²) in [4.78, 5) is 43.8. The molecule has 42 heavy (non-hydrogen) atoms. The molecule has 7 heteroatoms. The summed E-state index contributed by atoms with van der Waals surface area (Å²) in [6, 6.07) is 25.9. The molecule has 1 aliphatic rings. The predicted octanol–water partition coefficient (Wildman–Crippen LogP) is 5.38. The second kappa shape index (κ2) is 12.5. The number of carbonyl (C=O) groups excluding carboxylic acids is 3. The molecule has 1 saturated heterocycles. The molecule has 7 nitrogen and oxygen atoms in total. The van der Waals surface area contributed by atoms with Crippen molar-refractivity contribution in [3.63, 3.8) is 0 Å². The molecule has 1 N–H and O–H groups in total. The Balaban J connectivity index is 1.05. The number of carbonyl (C=O) groups is 3. The Bertz CT molecular complexity index is 1690. The first-order chi connectivity index (χ1) is 20.5. The van der Waals surface area contributed by atoms with E-state index in [0.29, 0.717) is 22.4 Å². The number of nitrogens with zero attached hydrogens (tertiary/aromatic N) is 2. The van der Waals surface area contributed by atoms with Crippen LogP contribution in [0.1, 0.15) is 47.9 Å². The molecule has 0 amide bonds. The highest BCUT2D eigenvalue weighted by Crippen LogP contribution is 2.20. The SMILES string of the molecule is O=C(Cc1ccc(C(=O)c2ccc(CC(=O)c3ccc[nH]3)cc2)cc1)c1ccc2c(ccn2CCN2CCOCC2)c1. The summed E-state index contributed by atoms with van der Waals surface area (Å²) < 4.78 is 7.68. The van der Waals surface area contributed by atoms with Gasteiger partial charge in [0.25, 0.3) is 0 Å². The van der Waals surface area contributed by atoms with Crippen LogP contribution in [0.15, 0.2) is 97.3 Å². The lowest BCUT2D eigenvalue weighted by Crippen LogP contribution is -2.38. The first-order valence-corrected chi connectivity index (χ1v) is 14.3. The van der Waals surface area contributed by atoms with E-state index in [9.17, 15) is 14.4 Å². The molecule has 1 aliphatic heterocycles. The van der Waals surface area contributed by atoms with Gasteiger partial charge in [-0.05, 0) is 47.5 Å². The van der Waals surface area contributed by atoms with E-state index in [1.54, 1.807) is 42.6 Å². The van der Waals surface area contributed by atoms with Crippen molar-refractivity contribution in [2.24, 2.45) is 0 Å². The van der Waals surface area contributed by atoms with Crippen molar-refractivity contribution < 1.29 is 19.1 Å². The zero-order valence-electron chi connectivity index (χ0n) is 23.4. The Morgan fingerprint density at radius 2 is 1.36 bits per heavy atom. The summed E-state index contributed by atoms with van der Waals surface area (Å²) >= 11 is 0.